The minimum Gasteiger partial charge on any atom is -0.493 e. The second-order valence-electron chi connectivity index (χ2n) is 7.21. The second kappa shape index (κ2) is 11.7. The van der Waals surface area contributed by atoms with Crippen LogP contribution in [0.2, 0.25) is 5.02 Å². The molecule has 0 radical (unpaired) electrons. The Kier molecular flexibility index (Phi) is 8.48. The number of carbonyl (C=O) groups excluding carboxylic acids is 2. The van der Waals surface area contributed by atoms with Crippen LogP contribution in [0.15, 0.2) is 66.4 Å². The Morgan fingerprint density at radius 2 is 1.58 bits per heavy atom. The maximum Gasteiger partial charge on any atom is 0.289 e. The van der Waals surface area contributed by atoms with Gasteiger partial charge in [-0.2, -0.15) is 0 Å². The van der Waals surface area contributed by atoms with Gasteiger partial charge in [-0.05, 0) is 48.0 Å². The highest BCUT2D eigenvalue weighted by Crippen LogP contribution is 2.38. The van der Waals surface area contributed by atoms with Crippen LogP contribution in [0.1, 0.15) is 15.9 Å². The van der Waals surface area contributed by atoms with Crippen LogP contribution in [0.5, 0.6) is 17.2 Å². The van der Waals surface area contributed by atoms with Gasteiger partial charge in [-0.1, -0.05) is 29.8 Å². The van der Waals surface area contributed by atoms with Crippen LogP contribution in [0.4, 0.5) is 11.4 Å². The van der Waals surface area contributed by atoms with Gasteiger partial charge in [0.2, 0.25) is 5.75 Å². The molecular formula is C25H22ClN3O7. The number of ether oxygens (including phenoxy) is 3. The predicted molar refractivity (Wildman–Crippen MR) is 135 cm³/mol. The number of methoxy groups -OCH3 is 3. The van der Waals surface area contributed by atoms with Crippen molar-refractivity contribution < 1.29 is 28.7 Å². The fourth-order valence-electron chi connectivity index (χ4n) is 3.22. The minimum absolute atomic E-state index is 0.0800. The zero-order valence-electron chi connectivity index (χ0n) is 19.5. The van der Waals surface area contributed by atoms with Crippen molar-refractivity contribution in [2.24, 2.45) is 0 Å². The van der Waals surface area contributed by atoms with E-state index in [1.807, 2.05) is 0 Å². The van der Waals surface area contributed by atoms with Gasteiger partial charge >= 0.3 is 0 Å². The van der Waals surface area contributed by atoms with Gasteiger partial charge in [0, 0.05) is 17.3 Å². The molecule has 0 saturated heterocycles. The zero-order valence-corrected chi connectivity index (χ0v) is 20.3. The summed E-state index contributed by atoms with van der Waals surface area (Å²) in [6, 6.07) is 15.3. The largest absolute Gasteiger partial charge is 0.493 e. The molecule has 0 saturated carbocycles. The third-order valence-electron chi connectivity index (χ3n) is 4.93. The maximum atomic E-state index is 13.2. The molecule has 0 aliphatic heterocycles. The van der Waals surface area contributed by atoms with Crippen molar-refractivity contribution in [3.63, 3.8) is 0 Å². The Labute approximate surface area is 211 Å². The van der Waals surface area contributed by atoms with E-state index in [1.165, 1.54) is 39.5 Å². The number of benzene rings is 3. The first-order valence-electron chi connectivity index (χ1n) is 10.4. The van der Waals surface area contributed by atoms with Crippen molar-refractivity contribution in [1.29, 1.82) is 0 Å². The van der Waals surface area contributed by atoms with Gasteiger partial charge in [-0.3, -0.25) is 19.7 Å². The summed E-state index contributed by atoms with van der Waals surface area (Å²) >= 11 is 5.86. The van der Waals surface area contributed by atoms with Crippen LogP contribution in [0, 0.1) is 10.1 Å². The predicted octanol–water partition coefficient (Wildman–Crippen LogP) is 4.68. The van der Waals surface area contributed by atoms with Crippen LogP contribution in [-0.2, 0) is 4.79 Å². The lowest BCUT2D eigenvalue weighted by molar-refractivity contribution is -0.384. The fourth-order valence-corrected chi connectivity index (χ4v) is 3.41. The molecule has 2 amide bonds. The van der Waals surface area contributed by atoms with Crippen LogP contribution < -0.4 is 24.8 Å². The first kappa shape index (κ1) is 26.0. The normalized spacial score (nSPS) is 10.8. The Balaban J connectivity index is 2.03. The van der Waals surface area contributed by atoms with Gasteiger partial charge < -0.3 is 24.8 Å². The van der Waals surface area contributed by atoms with Gasteiger partial charge in [0.15, 0.2) is 11.5 Å². The number of nitro groups is 1. The summed E-state index contributed by atoms with van der Waals surface area (Å²) in [5, 5.41) is 16.3. The molecule has 0 aliphatic rings. The molecule has 0 atom stereocenters. The van der Waals surface area contributed by atoms with E-state index in [0.29, 0.717) is 28.4 Å². The molecule has 36 heavy (non-hydrogen) atoms. The number of hydrogen-bond acceptors (Lipinski definition) is 7. The lowest BCUT2D eigenvalue weighted by atomic mass is 10.1. The maximum absolute atomic E-state index is 13.2. The molecule has 0 aliphatic carbocycles. The highest BCUT2D eigenvalue weighted by atomic mass is 35.5. The van der Waals surface area contributed by atoms with E-state index >= 15 is 0 Å². The highest BCUT2D eigenvalue weighted by Gasteiger charge is 2.19. The van der Waals surface area contributed by atoms with Crippen molar-refractivity contribution in [3.8, 4) is 17.2 Å². The molecule has 186 valence electrons. The van der Waals surface area contributed by atoms with Gasteiger partial charge in [-0.15, -0.1) is 0 Å². The first-order valence-corrected chi connectivity index (χ1v) is 10.8. The molecule has 3 rings (SSSR count). The van der Waals surface area contributed by atoms with Crippen molar-refractivity contribution in [2.75, 3.05) is 26.6 Å². The molecule has 3 aromatic rings. The Morgan fingerprint density at radius 1 is 0.944 bits per heavy atom. The third kappa shape index (κ3) is 6.10. The number of amides is 2. The molecular weight excluding hydrogens is 490 g/mol. The Morgan fingerprint density at radius 3 is 2.14 bits per heavy atom. The number of rotatable bonds is 9. The summed E-state index contributed by atoms with van der Waals surface area (Å²) in [5.74, 6) is -0.239. The van der Waals surface area contributed by atoms with Gasteiger partial charge in [0.25, 0.3) is 17.5 Å². The van der Waals surface area contributed by atoms with E-state index in [9.17, 15) is 19.7 Å². The molecule has 10 nitrogen and oxygen atoms in total. The van der Waals surface area contributed by atoms with Crippen LogP contribution in [0.3, 0.4) is 0 Å². The standard InChI is InChI=1S/C25H22ClN3O7/c1-34-21-12-15(13-22(35-2)23(21)36-3)11-19(28-24(30)16-7-5-4-6-8-16)25(31)27-17-9-10-18(26)20(14-17)29(32)33/h4-14H,1-3H3,(H,27,31)(H,28,30). The van der Waals surface area contributed by atoms with Crippen molar-refractivity contribution in [1.82, 2.24) is 5.32 Å². The third-order valence-corrected chi connectivity index (χ3v) is 5.25. The summed E-state index contributed by atoms with van der Waals surface area (Å²) in [6.07, 6.45) is 1.41. The molecule has 11 heteroatoms. The van der Waals surface area contributed by atoms with Crippen LogP contribution in [0.25, 0.3) is 6.08 Å². The first-order chi connectivity index (χ1) is 17.3. The zero-order chi connectivity index (χ0) is 26.2. The van der Waals surface area contributed by atoms with Crippen molar-refractivity contribution in [3.05, 3.63) is 92.6 Å². The van der Waals surface area contributed by atoms with Crippen molar-refractivity contribution in [2.45, 2.75) is 0 Å². The number of nitrogens with zero attached hydrogens (tertiary/aromatic N) is 1. The second-order valence-corrected chi connectivity index (χ2v) is 7.62. The fraction of sp³-hybridized carbons (Fsp3) is 0.120. The van der Waals surface area contributed by atoms with Crippen LogP contribution in [-0.4, -0.2) is 38.1 Å². The number of carbonyl (C=O) groups is 2. The number of anilines is 1. The average Bonchev–Trinajstić information content (AvgIpc) is 2.88. The molecule has 0 fully saturated rings. The van der Waals surface area contributed by atoms with Gasteiger partial charge in [-0.25, -0.2) is 0 Å². The minimum atomic E-state index is -0.732. The topological polar surface area (TPSA) is 129 Å². The molecule has 0 aromatic heterocycles. The molecule has 0 spiro atoms. The summed E-state index contributed by atoms with van der Waals surface area (Å²) in [4.78, 5) is 36.6. The molecule has 3 aromatic carbocycles. The number of halogens is 1. The summed E-state index contributed by atoms with van der Waals surface area (Å²) in [7, 11) is 4.35. The van der Waals surface area contributed by atoms with Crippen molar-refractivity contribution >= 4 is 40.9 Å². The quantitative estimate of drug-likeness (QED) is 0.242. The van der Waals surface area contributed by atoms with E-state index in [1.54, 1.807) is 42.5 Å². The number of hydrogen-bond donors (Lipinski definition) is 2. The lowest BCUT2D eigenvalue weighted by Gasteiger charge is -2.14. The monoisotopic (exact) mass is 511 g/mol. The Hall–Kier alpha value is -4.57. The molecule has 2 N–H and O–H groups in total. The molecule has 0 bridgehead atoms. The lowest BCUT2D eigenvalue weighted by Crippen LogP contribution is -2.30. The molecule has 0 unspecified atom stereocenters. The van der Waals surface area contributed by atoms with E-state index in [4.69, 9.17) is 25.8 Å². The SMILES string of the molecule is COc1cc(C=C(NC(=O)c2ccccc2)C(=O)Nc2ccc(Cl)c([N+](=O)[O-])c2)cc(OC)c1OC. The number of nitrogens with one attached hydrogen (secondary N) is 2. The van der Waals surface area contributed by atoms with E-state index in [2.05, 4.69) is 10.6 Å². The summed E-state index contributed by atoms with van der Waals surface area (Å²) < 4.78 is 16.0. The molecule has 0 heterocycles. The van der Waals surface area contributed by atoms with E-state index in [0.717, 1.165) is 6.07 Å². The Bertz CT molecular complexity index is 1300. The van der Waals surface area contributed by atoms with Crippen LogP contribution >= 0.6 is 11.6 Å². The van der Waals surface area contributed by atoms with E-state index in [-0.39, 0.29) is 22.1 Å². The smallest absolute Gasteiger partial charge is 0.289 e. The summed E-state index contributed by atoms with van der Waals surface area (Å²) in [5.41, 5.74) is 0.364. The van der Waals surface area contributed by atoms with E-state index < -0.39 is 16.7 Å². The van der Waals surface area contributed by atoms with Gasteiger partial charge in [0.1, 0.15) is 10.7 Å². The summed E-state index contributed by atoms with van der Waals surface area (Å²) in [6.45, 7) is 0. The number of nitro benzene ring substituents is 1. The highest BCUT2D eigenvalue weighted by molar-refractivity contribution is 6.32. The van der Waals surface area contributed by atoms with Gasteiger partial charge in [0.05, 0.1) is 26.3 Å². The average molecular weight is 512 g/mol.